The summed E-state index contributed by atoms with van der Waals surface area (Å²) in [4.78, 5) is 0. The van der Waals surface area contributed by atoms with E-state index in [1.807, 2.05) is 3.28 Å². The Balaban J connectivity index is 0.00000158. The predicted molar refractivity (Wildman–Crippen MR) is 169 cm³/mol. The maximum absolute atomic E-state index is 2.59. The Morgan fingerprint density at radius 1 is 0.643 bits per heavy atom. The van der Waals surface area contributed by atoms with E-state index in [9.17, 15) is 0 Å². The molecule has 1 atom stereocenters. The van der Waals surface area contributed by atoms with Crippen LogP contribution in [0.15, 0.2) is 94.3 Å². The van der Waals surface area contributed by atoms with Gasteiger partial charge >= 0.3 is 249 Å². The normalized spacial score (nSPS) is 19.2. The smallest absolute Gasteiger partial charge is 1.00 e. The third-order valence-electron chi connectivity index (χ3n) is 10.6. The first-order chi connectivity index (χ1) is 19.9. The van der Waals surface area contributed by atoms with Crippen molar-refractivity contribution in [1.82, 2.24) is 0 Å². The van der Waals surface area contributed by atoms with Gasteiger partial charge in [-0.05, 0) is 0 Å². The summed E-state index contributed by atoms with van der Waals surface area (Å²) in [5, 5.41) is 5.84. The molecule has 0 saturated heterocycles. The van der Waals surface area contributed by atoms with Crippen LogP contribution in [0.2, 0.25) is 0 Å². The topological polar surface area (TPSA) is 0 Å². The molecule has 2 fully saturated rings. The van der Waals surface area contributed by atoms with Crippen LogP contribution in [0.5, 0.6) is 0 Å². The van der Waals surface area contributed by atoms with Gasteiger partial charge in [-0.3, -0.25) is 0 Å². The molecule has 0 spiro atoms. The van der Waals surface area contributed by atoms with Crippen molar-refractivity contribution in [2.75, 3.05) is 0 Å². The second-order valence-electron chi connectivity index (χ2n) is 13.0. The molecule has 0 aromatic heterocycles. The minimum Gasteiger partial charge on any atom is -1.00 e. The molecule has 0 heterocycles. The molecular formula is C39H40Cl2Zr. The van der Waals surface area contributed by atoms with E-state index in [-0.39, 0.29) is 24.8 Å². The van der Waals surface area contributed by atoms with Gasteiger partial charge in [-0.1, -0.05) is 0 Å². The maximum atomic E-state index is 2.59. The molecule has 0 nitrogen and oxygen atoms in total. The van der Waals surface area contributed by atoms with E-state index in [2.05, 4.69) is 94.2 Å². The Hall–Kier alpha value is -1.79. The van der Waals surface area contributed by atoms with Crippen molar-refractivity contribution in [1.29, 1.82) is 0 Å². The van der Waals surface area contributed by atoms with Crippen molar-refractivity contribution in [3.63, 3.8) is 0 Å². The van der Waals surface area contributed by atoms with Crippen molar-refractivity contribution in [3.05, 3.63) is 105 Å². The first-order valence-corrected chi connectivity index (χ1v) is 19.8. The van der Waals surface area contributed by atoms with Crippen molar-refractivity contribution in [2.24, 2.45) is 11.8 Å². The fourth-order valence-electron chi connectivity index (χ4n) is 8.88. The van der Waals surface area contributed by atoms with Gasteiger partial charge < -0.3 is 24.8 Å². The van der Waals surface area contributed by atoms with Crippen molar-refractivity contribution in [3.8, 4) is 11.1 Å². The number of halogens is 2. The van der Waals surface area contributed by atoms with Crippen LogP contribution in [-0.4, -0.2) is 3.21 Å². The van der Waals surface area contributed by atoms with Gasteiger partial charge in [-0.2, -0.15) is 0 Å². The molecule has 8 rings (SSSR count). The zero-order chi connectivity index (χ0) is 26.5. The summed E-state index contributed by atoms with van der Waals surface area (Å²) >= 11 is -2.35. The molecule has 42 heavy (non-hydrogen) atoms. The largest absolute Gasteiger partial charge is 1.00 e. The number of allylic oxidation sites excluding steroid dienone is 4. The van der Waals surface area contributed by atoms with Gasteiger partial charge in [0, 0.05) is 0 Å². The average molecular weight is 671 g/mol. The summed E-state index contributed by atoms with van der Waals surface area (Å²) in [7, 11) is 0. The summed E-state index contributed by atoms with van der Waals surface area (Å²) in [6.07, 6.45) is 23.2. The van der Waals surface area contributed by atoms with Crippen LogP contribution in [0, 0.1) is 11.8 Å². The van der Waals surface area contributed by atoms with E-state index >= 15 is 0 Å². The third-order valence-corrected chi connectivity index (χ3v) is 19.0. The van der Waals surface area contributed by atoms with E-state index in [1.54, 1.807) is 16.7 Å². The first kappa shape index (κ1) is 30.2. The second-order valence-corrected chi connectivity index (χ2v) is 19.7. The van der Waals surface area contributed by atoms with Crippen LogP contribution in [0.4, 0.5) is 0 Å². The molecule has 0 aliphatic heterocycles. The fourth-order valence-corrected chi connectivity index (χ4v) is 18.8. The van der Waals surface area contributed by atoms with Gasteiger partial charge in [0.25, 0.3) is 0 Å². The number of hydrogen-bond donors (Lipinski definition) is 0. The molecule has 1 unspecified atom stereocenters. The zero-order valence-electron chi connectivity index (χ0n) is 24.4. The van der Waals surface area contributed by atoms with Gasteiger partial charge in [0.2, 0.25) is 0 Å². The first-order valence-electron chi connectivity index (χ1n) is 16.0. The van der Waals surface area contributed by atoms with E-state index in [4.69, 9.17) is 0 Å². The van der Waals surface area contributed by atoms with Crippen LogP contribution in [0.25, 0.3) is 32.7 Å². The Morgan fingerprint density at radius 2 is 1.19 bits per heavy atom. The molecule has 0 radical (unpaired) electrons. The molecule has 0 bridgehead atoms. The summed E-state index contributed by atoms with van der Waals surface area (Å²) in [6, 6.07) is 28.2. The molecule has 2 saturated carbocycles. The molecule has 4 aromatic carbocycles. The standard InChI is InChI=1S/C21H13.C13H22.C5H5.2ClH.Zr/c1-2-8-15-14(7-1)13-20-18-11-4-3-9-16(18)17-10-5-6-12-19(17)21(15)20;1-2-7-12(6-1)10-5-11-13-8-3-4-9-13;1-2-4-5-3-1;;;/h1-13H;12-13H,1-4,6-11H2;1-3H,4H2;2*1H;/q;;;;;+2/p-2. The van der Waals surface area contributed by atoms with E-state index < -0.39 is 21.3 Å². The quantitative estimate of drug-likeness (QED) is 0.257. The van der Waals surface area contributed by atoms with Crippen molar-refractivity contribution >= 4 is 24.8 Å². The monoisotopic (exact) mass is 668 g/mol. The molecule has 0 amide bonds. The van der Waals surface area contributed by atoms with Gasteiger partial charge in [0.15, 0.2) is 0 Å². The van der Waals surface area contributed by atoms with Gasteiger partial charge in [-0.15, -0.1) is 0 Å². The molecule has 214 valence electrons. The molecule has 3 heteroatoms. The van der Waals surface area contributed by atoms with E-state index in [0.29, 0.717) is 3.63 Å². The number of benzene rings is 4. The molecule has 4 aliphatic rings. The number of hydrogen-bond acceptors (Lipinski definition) is 0. The van der Waals surface area contributed by atoms with Gasteiger partial charge in [0.05, 0.1) is 0 Å². The van der Waals surface area contributed by atoms with E-state index in [0.717, 1.165) is 11.8 Å². The van der Waals surface area contributed by atoms with Crippen LogP contribution in [0.1, 0.15) is 85.4 Å². The minimum absolute atomic E-state index is 0. The molecule has 4 aromatic rings. The third kappa shape index (κ3) is 5.27. The number of fused-ring (bicyclic) bond motifs is 8. The minimum atomic E-state index is -2.35. The summed E-state index contributed by atoms with van der Waals surface area (Å²) in [5.74, 6) is 1.87. The second kappa shape index (κ2) is 13.1. The molecule has 4 aliphatic carbocycles. The Kier molecular flexibility index (Phi) is 9.41. The predicted octanol–water partition coefficient (Wildman–Crippen LogP) is 4.87. The van der Waals surface area contributed by atoms with Gasteiger partial charge in [-0.25, -0.2) is 0 Å². The number of rotatable bonds is 6. The Morgan fingerprint density at radius 3 is 1.81 bits per heavy atom. The average Bonchev–Trinajstić information content (AvgIpc) is 3.82. The molecule has 0 N–H and O–H groups in total. The van der Waals surface area contributed by atoms with Gasteiger partial charge in [0.1, 0.15) is 0 Å². The van der Waals surface area contributed by atoms with Crippen LogP contribution in [0.3, 0.4) is 0 Å². The SMILES string of the molecule is C1=CC[C]([Zr+2](=[C](CC2CCCC2)CC2CCCC2)[CH]2c3ccccc3-c3c2c2ccccc2c2ccccc32)=C1.[Cl-].[Cl-]. The van der Waals surface area contributed by atoms with Crippen LogP contribution in [-0.2, 0) is 21.3 Å². The summed E-state index contributed by atoms with van der Waals surface area (Å²) in [5.41, 5.74) is 6.42. The summed E-state index contributed by atoms with van der Waals surface area (Å²) in [6.45, 7) is 0. The van der Waals surface area contributed by atoms with Crippen LogP contribution >= 0.6 is 0 Å². The maximum Gasteiger partial charge on any atom is -1.00 e. The molecular weight excluding hydrogens is 631 g/mol. The van der Waals surface area contributed by atoms with Crippen molar-refractivity contribution in [2.45, 2.75) is 74.3 Å². The zero-order valence-corrected chi connectivity index (χ0v) is 28.4. The van der Waals surface area contributed by atoms with E-state index in [1.165, 1.54) is 97.7 Å². The summed E-state index contributed by atoms with van der Waals surface area (Å²) < 4.78 is 4.53. The Bertz CT molecular complexity index is 1680. The fraction of sp³-hybridized carbons (Fsp3) is 0.359. The van der Waals surface area contributed by atoms with Crippen molar-refractivity contribution < 1.29 is 46.1 Å². The Labute approximate surface area is 271 Å². The van der Waals surface area contributed by atoms with Crippen LogP contribution < -0.4 is 24.8 Å².